The molecule has 1 aromatic heterocycles. The molecule has 3 nitrogen and oxygen atoms in total. The second-order valence-electron chi connectivity index (χ2n) is 6.80. The molecule has 0 unspecified atom stereocenters. The van der Waals surface area contributed by atoms with Crippen molar-refractivity contribution in [2.45, 2.75) is 33.7 Å². The number of fused-ring (bicyclic) bond motifs is 1. The molecule has 0 bridgehead atoms. The van der Waals surface area contributed by atoms with Crippen molar-refractivity contribution in [3.05, 3.63) is 65.4 Å². The number of benzene rings is 2. The minimum Gasteiger partial charge on any atom is -0.361 e. The van der Waals surface area contributed by atoms with Crippen molar-refractivity contribution in [3.63, 3.8) is 0 Å². The number of carbonyl (C=O) groups is 1. The maximum atomic E-state index is 11.8. The number of hydrogen-bond acceptors (Lipinski definition) is 1. The first-order valence-electron chi connectivity index (χ1n) is 8.61. The lowest BCUT2D eigenvalue weighted by Gasteiger charge is -2.11. The number of carbonyl (C=O) groups excluding carboxylic acids is 1. The maximum absolute atomic E-state index is 11.8. The Morgan fingerprint density at radius 3 is 2.64 bits per heavy atom. The summed E-state index contributed by atoms with van der Waals surface area (Å²) >= 11 is 0. The van der Waals surface area contributed by atoms with Crippen LogP contribution in [0.1, 0.15) is 30.5 Å². The number of nitrogens with one attached hydrogen (secondary N) is 2. The summed E-state index contributed by atoms with van der Waals surface area (Å²) in [6.45, 7) is 8.11. The Morgan fingerprint density at radius 2 is 1.88 bits per heavy atom. The molecule has 0 spiro atoms. The van der Waals surface area contributed by atoms with Crippen molar-refractivity contribution in [1.29, 1.82) is 0 Å². The fourth-order valence-electron chi connectivity index (χ4n) is 3.05. The number of aromatic amines is 1. The summed E-state index contributed by atoms with van der Waals surface area (Å²) in [6.07, 6.45) is 5.45. The molecule has 2 aromatic carbocycles. The summed E-state index contributed by atoms with van der Waals surface area (Å²) in [5, 5.41) is 4.08. The van der Waals surface area contributed by atoms with Crippen LogP contribution in [0.15, 0.2) is 48.7 Å². The third kappa shape index (κ3) is 3.82. The summed E-state index contributed by atoms with van der Waals surface area (Å²) in [4.78, 5) is 15.0. The van der Waals surface area contributed by atoms with Crippen molar-refractivity contribution >= 4 is 22.9 Å². The van der Waals surface area contributed by atoms with Gasteiger partial charge in [0.1, 0.15) is 0 Å². The van der Waals surface area contributed by atoms with Crippen molar-refractivity contribution in [2.75, 3.05) is 0 Å². The van der Waals surface area contributed by atoms with E-state index in [0.717, 1.165) is 16.6 Å². The van der Waals surface area contributed by atoms with Crippen LogP contribution >= 0.6 is 0 Å². The molecule has 0 saturated heterocycles. The van der Waals surface area contributed by atoms with E-state index in [1.807, 2.05) is 26.1 Å². The van der Waals surface area contributed by atoms with Crippen LogP contribution < -0.4 is 5.32 Å². The average Bonchev–Trinajstić information content (AvgIpc) is 3.02. The minimum atomic E-state index is -0.0611. The van der Waals surface area contributed by atoms with E-state index in [-0.39, 0.29) is 11.9 Å². The summed E-state index contributed by atoms with van der Waals surface area (Å²) < 4.78 is 0. The van der Waals surface area contributed by atoms with Crippen LogP contribution in [-0.4, -0.2) is 16.9 Å². The third-order valence-electron chi connectivity index (χ3n) is 4.32. The molecule has 0 aliphatic heterocycles. The molecule has 0 aliphatic carbocycles. The highest BCUT2D eigenvalue weighted by Gasteiger charge is 2.07. The van der Waals surface area contributed by atoms with Gasteiger partial charge in [0.05, 0.1) is 0 Å². The van der Waals surface area contributed by atoms with Crippen molar-refractivity contribution in [2.24, 2.45) is 0 Å². The Labute approximate surface area is 148 Å². The van der Waals surface area contributed by atoms with Gasteiger partial charge in [-0.05, 0) is 85.2 Å². The zero-order valence-corrected chi connectivity index (χ0v) is 15.2. The van der Waals surface area contributed by atoms with Crippen LogP contribution in [0, 0.1) is 13.8 Å². The molecule has 128 valence electrons. The van der Waals surface area contributed by atoms with E-state index >= 15 is 0 Å². The van der Waals surface area contributed by atoms with E-state index in [2.05, 4.69) is 60.5 Å². The van der Waals surface area contributed by atoms with E-state index in [1.54, 1.807) is 6.08 Å². The average molecular weight is 332 g/mol. The summed E-state index contributed by atoms with van der Waals surface area (Å²) in [5.74, 6) is -0.0611. The van der Waals surface area contributed by atoms with Gasteiger partial charge < -0.3 is 10.3 Å². The van der Waals surface area contributed by atoms with E-state index in [1.165, 1.54) is 22.1 Å². The highest BCUT2D eigenvalue weighted by molar-refractivity contribution is 5.92. The van der Waals surface area contributed by atoms with Gasteiger partial charge >= 0.3 is 0 Å². The molecule has 0 fully saturated rings. The van der Waals surface area contributed by atoms with Gasteiger partial charge in [-0.3, -0.25) is 4.79 Å². The first kappa shape index (κ1) is 17.0. The molecule has 3 aromatic rings. The smallest absolute Gasteiger partial charge is 0.244 e. The number of aromatic nitrogens is 1. The van der Waals surface area contributed by atoms with E-state index in [0.29, 0.717) is 0 Å². The van der Waals surface area contributed by atoms with Gasteiger partial charge in [-0.15, -0.1) is 0 Å². The molecule has 3 rings (SSSR count). The SMILES string of the molecule is Cc1cc(-c2ccc3[nH]ccc3c2)c(C)cc1/C=C/C(=O)NC(C)C. The Hall–Kier alpha value is -2.81. The normalized spacial score (nSPS) is 11.6. The summed E-state index contributed by atoms with van der Waals surface area (Å²) in [6, 6.07) is 13.0. The largest absolute Gasteiger partial charge is 0.361 e. The fourth-order valence-corrected chi connectivity index (χ4v) is 3.05. The van der Waals surface area contributed by atoms with Crippen LogP contribution in [0.5, 0.6) is 0 Å². The van der Waals surface area contributed by atoms with E-state index < -0.39 is 0 Å². The molecular weight excluding hydrogens is 308 g/mol. The quantitative estimate of drug-likeness (QED) is 0.650. The van der Waals surface area contributed by atoms with Gasteiger partial charge in [-0.1, -0.05) is 18.2 Å². The molecule has 0 radical (unpaired) electrons. The van der Waals surface area contributed by atoms with Crippen LogP contribution in [0.2, 0.25) is 0 Å². The lowest BCUT2D eigenvalue weighted by Crippen LogP contribution is -2.28. The Balaban J connectivity index is 1.92. The molecule has 1 heterocycles. The summed E-state index contributed by atoms with van der Waals surface area (Å²) in [5.41, 5.74) is 7.01. The van der Waals surface area contributed by atoms with Crippen molar-refractivity contribution in [1.82, 2.24) is 10.3 Å². The van der Waals surface area contributed by atoms with Crippen molar-refractivity contribution in [3.8, 4) is 11.1 Å². The Kier molecular flexibility index (Phi) is 4.75. The molecule has 0 saturated carbocycles. The van der Waals surface area contributed by atoms with E-state index in [9.17, 15) is 4.79 Å². The number of aryl methyl sites for hydroxylation is 2. The summed E-state index contributed by atoms with van der Waals surface area (Å²) in [7, 11) is 0. The lowest BCUT2D eigenvalue weighted by atomic mass is 9.94. The van der Waals surface area contributed by atoms with Crippen LogP contribution in [0.25, 0.3) is 28.1 Å². The molecule has 2 N–H and O–H groups in total. The highest BCUT2D eigenvalue weighted by atomic mass is 16.1. The topological polar surface area (TPSA) is 44.9 Å². The Bertz CT molecular complexity index is 948. The third-order valence-corrected chi connectivity index (χ3v) is 4.32. The van der Waals surface area contributed by atoms with Crippen molar-refractivity contribution < 1.29 is 4.79 Å². The molecule has 0 atom stereocenters. The molecule has 25 heavy (non-hydrogen) atoms. The van der Waals surface area contributed by atoms with Crippen LogP contribution in [0.3, 0.4) is 0 Å². The zero-order valence-electron chi connectivity index (χ0n) is 15.2. The second kappa shape index (κ2) is 6.98. The minimum absolute atomic E-state index is 0.0611. The van der Waals surface area contributed by atoms with Crippen LogP contribution in [-0.2, 0) is 4.79 Å². The van der Waals surface area contributed by atoms with Gasteiger partial charge in [0, 0.05) is 23.8 Å². The first-order chi connectivity index (χ1) is 11.9. The van der Waals surface area contributed by atoms with Gasteiger partial charge in [-0.2, -0.15) is 0 Å². The van der Waals surface area contributed by atoms with Gasteiger partial charge in [0.25, 0.3) is 0 Å². The zero-order chi connectivity index (χ0) is 18.0. The number of amides is 1. The molecule has 0 aliphatic rings. The first-order valence-corrected chi connectivity index (χ1v) is 8.61. The number of rotatable bonds is 4. The molecule has 1 amide bonds. The monoisotopic (exact) mass is 332 g/mol. The molecular formula is C22H24N2O. The predicted octanol–water partition coefficient (Wildman–Crippen LogP) is 4.99. The second-order valence-corrected chi connectivity index (χ2v) is 6.80. The highest BCUT2D eigenvalue weighted by Crippen LogP contribution is 2.29. The van der Waals surface area contributed by atoms with Gasteiger partial charge in [-0.25, -0.2) is 0 Å². The van der Waals surface area contributed by atoms with Crippen LogP contribution in [0.4, 0.5) is 0 Å². The fraction of sp³-hybridized carbons (Fsp3) is 0.227. The lowest BCUT2D eigenvalue weighted by molar-refractivity contribution is -0.116. The molecule has 3 heteroatoms. The van der Waals surface area contributed by atoms with Gasteiger partial charge in [0.2, 0.25) is 5.91 Å². The Morgan fingerprint density at radius 1 is 1.08 bits per heavy atom. The van der Waals surface area contributed by atoms with E-state index in [4.69, 9.17) is 0 Å². The number of H-pyrrole nitrogens is 1. The standard InChI is InChI=1S/C22H24N2O/c1-14(2)24-22(25)8-6-17-11-16(4)20(12-15(17)3)18-5-7-21-19(13-18)9-10-23-21/h5-14,23H,1-4H3,(H,24,25)/b8-6+. The number of hydrogen-bond donors (Lipinski definition) is 2. The van der Waals surface area contributed by atoms with Gasteiger partial charge in [0.15, 0.2) is 0 Å². The predicted molar refractivity (Wildman–Crippen MR) is 106 cm³/mol. The maximum Gasteiger partial charge on any atom is 0.244 e.